The van der Waals surface area contributed by atoms with E-state index in [1.807, 2.05) is 24.3 Å². The molecule has 0 saturated heterocycles. The van der Waals surface area contributed by atoms with Gasteiger partial charge in [0, 0.05) is 12.5 Å². The number of benzene rings is 2. The Morgan fingerprint density at radius 3 is 2.33 bits per heavy atom. The Morgan fingerprint density at radius 2 is 1.76 bits per heavy atom. The first-order valence-electron chi connectivity index (χ1n) is 7.35. The maximum Gasteiger partial charge on any atom is 0.129 e. The van der Waals surface area contributed by atoms with Gasteiger partial charge in [0.2, 0.25) is 0 Å². The minimum Gasteiger partial charge on any atom is -0.388 e. The first kappa shape index (κ1) is 14.2. The second-order valence-corrected chi connectivity index (χ2v) is 5.75. The standard InChI is InChI=1S/C18H18F2O/c19-16-9-8-15(17(20)11-16)10-18(21)14-6-4-13(5-7-14)12-2-1-3-12/h4-9,11-12,18,21H,1-3,10H2. The van der Waals surface area contributed by atoms with Gasteiger partial charge >= 0.3 is 0 Å². The summed E-state index contributed by atoms with van der Waals surface area (Å²) in [5.74, 6) is -0.554. The molecule has 0 aliphatic heterocycles. The van der Waals surface area contributed by atoms with Crippen LogP contribution < -0.4 is 0 Å². The molecule has 1 unspecified atom stereocenters. The molecule has 1 nitrogen and oxygen atoms in total. The molecule has 110 valence electrons. The van der Waals surface area contributed by atoms with Gasteiger partial charge in [0.25, 0.3) is 0 Å². The number of halogens is 2. The monoisotopic (exact) mass is 288 g/mol. The second-order valence-electron chi connectivity index (χ2n) is 5.75. The largest absolute Gasteiger partial charge is 0.388 e. The molecule has 3 rings (SSSR count). The van der Waals surface area contributed by atoms with Crippen molar-refractivity contribution in [3.63, 3.8) is 0 Å². The van der Waals surface area contributed by atoms with Gasteiger partial charge in [0.05, 0.1) is 6.10 Å². The lowest BCUT2D eigenvalue weighted by atomic mass is 9.80. The number of hydrogen-bond donors (Lipinski definition) is 1. The van der Waals surface area contributed by atoms with Gasteiger partial charge in [-0.3, -0.25) is 0 Å². The van der Waals surface area contributed by atoms with Gasteiger partial charge < -0.3 is 5.11 Å². The number of aliphatic hydroxyl groups is 1. The van der Waals surface area contributed by atoms with Gasteiger partial charge in [-0.05, 0) is 41.5 Å². The Balaban J connectivity index is 1.70. The van der Waals surface area contributed by atoms with Crippen LogP contribution in [0.15, 0.2) is 42.5 Å². The minimum atomic E-state index is -0.777. The van der Waals surface area contributed by atoms with Gasteiger partial charge in [0.15, 0.2) is 0 Å². The van der Waals surface area contributed by atoms with E-state index in [2.05, 4.69) is 0 Å². The zero-order valence-corrected chi connectivity index (χ0v) is 11.7. The number of hydrogen-bond acceptors (Lipinski definition) is 1. The first-order chi connectivity index (χ1) is 10.1. The van der Waals surface area contributed by atoms with Crippen LogP contribution in [0.2, 0.25) is 0 Å². The highest BCUT2D eigenvalue weighted by Gasteiger charge is 2.19. The van der Waals surface area contributed by atoms with Crippen molar-refractivity contribution in [2.45, 2.75) is 37.7 Å². The lowest BCUT2D eigenvalue weighted by Crippen LogP contribution is -2.09. The molecular formula is C18H18F2O. The van der Waals surface area contributed by atoms with Gasteiger partial charge in [-0.25, -0.2) is 8.78 Å². The lowest BCUT2D eigenvalue weighted by Gasteiger charge is -2.26. The summed E-state index contributed by atoms with van der Waals surface area (Å²) >= 11 is 0. The van der Waals surface area contributed by atoms with E-state index < -0.39 is 17.7 Å². The molecule has 0 spiro atoms. The van der Waals surface area contributed by atoms with E-state index >= 15 is 0 Å². The summed E-state index contributed by atoms with van der Waals surface area (Å²) in [5.41, 5.74) is 2.40. The van der Waals surface area contributed by atoms with Crippen molar-refractivity contribution >= 4 is 0 Å². The van der Waals surface area contributed by atoms with Crippen LogP contribution in [0.1, 0.15) is 48.0 Å². The van der Waals surface area contributed by atoms with Crippen molar-refractivity contribution in [2.75, 3.05) is 0 Å². The summed E-state index contributed by atoms with van der Waals surface area (Å²) in [7, 11) is 0. The summed E-state index contributed by atoms with van der Waals surface area (Å²) in [6.45, 7) is 0. The van der Waals surface area contributed by atoms with Crippen LogP contribution in [0.5, 0.6) is 0 Å². The van der Waals surface area contributed by atoms with Gasteiger partial charge in [-0.2, -0.15) is 0 Å². The van der Waals surface area contributed by atoms with Gasteiger partial charge in [-0.15, -0.1) is 0 Å². The molecule has 2 aromatic rings. The van der Waals surface area contributed by atoms with Crippen LogP contribution in [0.4, 0.5) is 8.78 Å². The Bertz CT molecular complexity index is 618. The van der Waals surface area contributed by atoms with Crippen molar-refractivity contribution in [2.24, 2.45) is 0 Å². The molecule has 0 bridgehead atoms. The zero-order valence-electron chi connectivity index (χ0n) is 11.7. The highest BCUT2D eigenvalue weighted by atomic mass is 19.1. The molecule has 0 heterocycles. The molecule has 1 fully saturated rings. The minimum absolute atomic E-state index is 0.148. The van der Waals surface area contributed by atoms with Crippen molar-refractivity contribution in [1.82, 2.24) is 0 Å². The Hall–Kier alpha value is -1.74. The van der Waals surface area contributed by atoms with Crippen molar-refractivity contribution in [3.05, 3.63) is 70.8 Å². The zero-order chi connectivity index (χ0) is 14.8. The van der Waals surface area contributed by atoms with Crippen LogP contribution >= 0.6 is 0 Å². The van der Waals surface area contributed by atoms with Crippen LogP contribution in [0.3, 0.4) is 0 Å². The maximum absolute atomic E-state index is 13.6. The Morgan fingerprint density at radius 1 is 1.05 bits per heavy atom. The van der Waals surface area contributed by atoms with E-state index in [9.17, 15) is 13.9 Å². The summed E-state index contributed by atoms with van der Waals surface area (Å²) in [6, 6.07) is 11.3. The van der Waals surface area contributed by atoms with Crippen molar-refractivity contribution < 1.29 is 13.9 Å². The Kier molecular flexibility index (Phi) is 4.02. The van der Waals surface area contributed by atoms with Gasteiger partial charge in [-0.1, -0.05) is 36.8 Å². The van der Waals surface area contributed by atoms with Crippen LogP contribution in [-0.4, -0.2) is 5.11 Å². The molecule has 2 aromatic carbocycles. The quantitative estimate of drug-likeness (QED) is 0.877. The third kappa shape index (κ3) is 3.13. The van der Waals surface area contributed by atoms with Crippen molar-refractivity contribution in [1.29, 1.82) is 0 Å². The molecule has 1 N–H and O–H groups in total. The average molecular weight is 288 g/mol. The van der Waals surface area contributed by atoms with E-state index in [1.165, 1.54) is 37.0 Å². The Labute approximate surface area is 123 Å². The summed E-state index contributed by atoms with van der Waals surface area (Å²) in [5, 5.41) is 10.2. The summed E-state index contributed by atoms with van der Waals surface area (Å²) < 4.78 is 26.5. The van der Waals surface area contributed by atoms with E-state index in [0.717, 1.165) is 11.6 Å². The molecule has 0 aromatic heterocycles. The van der Waals surface area contributed by atoms with Crippen molar-refractivity contribution in [3.8, 4) is 0 Å². The maximum atomic E-state index is 13.6. The van der Waals surface area contributed by atoms with Crippen LogP contribution in [0, 0.1) is 11.6 Å². The number of rotatable bonds is 4. The first-order valence-corrected chi connectivity index (χ1v) is 7.35. The second kappa shape index (κ2) is 5.94. The molecule has 3 heteroatoms. The van der Waals surface area contributed by atoms with Crippen LogP contribution in [-0.2, 0) is 6.42 Å². The normalized spacial score (nSPS) is 16.5. The third-order valence-corrected chi connectivity index (χ3v) is 4.33. The predicted molar refractivity (Wildman–Crippen MR) is 78.1 cm³/mol. The van der Waals surface area contributed by atoms with E-state index in [-0.39, 0.29) is 6.42 Å². The predicted octanol–water partition coefficient (Wildman–Crippen LogP) is 4.51. The van der Waals surface area contributed by atoms with Gasteiger partial charge in [0.1, 0.15) is 11.6 Å². The summed E-state index contributed by atoms with van der Waals surface area (Å²) in [6.07, 6.45) is 3.14. The molecule has 1 atom stereocenters. The fourth-order valence-corrected chi connectivity index (χ4v) is 2.75. The fourth-order valence-electron chi connectivity index (χ4n) is 2.75. The highest BCUT2D eigenvalue weighted by Crippen LogP contribution is 2.36. The molecule has 0 amide bonds. The molecule has 1 aliphatic carbocycles. The van der Waals surface area contributed by atoms with E-state index in [1.54, 1.807) is 0 Å². The molecular weight excluding hydrogens is 270 g/mol. The molecule has 0 radical (unpaired) electrons. The molecule has 21 heavy (non-hydrogen) atoms. The van der Waals surface area contributed by atoms with Crippen LogP contribution in [0.25, 0.3) is 0 Å². The average Bonchev–Trinajstić information content (AvgIpc) is 2.41. The fraction of sp³-hybridized carbons (Fsp3) is 0.333. The molecule has 1 aliphatic rings. The van der Waals surface area contributed by atoms with E-state index in [4.69, 9.17) is 0 Å². The lowest BCUT2D eigenvalue weighted by molar-refractivity contribution is 0.177. The van der Waals surface area contributed by atoms with E-state index in [0.29, 0.717) is 11.5 Å². The highest BCUT2D eigenvalue weighted by molar-refractivity contribution is 5.29. The summed E-state index contributed by atoms with van der Waals surface area (Å²) in [4.78, 5) is 0. The topological polar surface area (TPSA) is 20.2 Å². The third-order valence-electron chi connectivity index (χ3n) is 4.33. The SMILES string of the molecule is OC(Cc1ccc(F)cc1F)c1ccc(C2CCC2)cc1. The molecule has 1 saturated carbocycles. The smallest absolute Gasteiger partial charge is 0.129 e. The number of aliphatic hydroxyl groups excluding tert-OH is 1.